The van der Waals surface area contributed by atoms with E-state index in [0.717, 1.165) is 12.1 Å². The number of aromatic carboxylic acids is 1. The lowest BCUT2D eigenvalue weighted by Crippen LogP contribution is -2.28. The summed E-state index contributed by atoms with van der Waals surface area (Å²) in [5.74, 6) is -5.98. The molecule has 0 aliphatic carbocycles. The number of anilines is 2. The van der Waals surface area contributed by atoms with Gasteiger partial charge in [-0.15, -0.1) is 0 Å². The van der Waals surface area contributed by atoms with Gasteiger partial charge in [0.15, 0.2) is 0 Å². The first-order valence-electron chi connectivity index (χ1n) is 8.08. The molecule has 29 heavy (non-hydrogen) atoms. The highest BCUT2D eigenvalue weighted by atomic mass is 32.2. The Morgan fingerprint density at radius 3 is 2.03 bits per heavy atom. The van der Waals surface area contributed by atoms with Crippen molar-refractivity contribution in [3.8, 4) is 0 Å². The maximum absolute atomic E-state index is 14.2. The van der Waals surface area contributed by atoms with Crippen LogP contribution in [0.3, 0.4) is 0 Å². The van der Waals surface area contributed by atoms with E-state index < -0.39 is 60.9 Å². The third kappa shape index (κ3) is 5.05. The van der Waals surface area contributed by atoms with Crippen molar-refractivity contribution >= 4 is 33.3 Å². The Labute approximate surface area is 164 Å². The summed E-state index contributed by atoms with van der Waals surface area (Å²) in [4.78, 5) is 22.1. The fraction of sp³-hybridized carbons (Fsp3) is 0.222. The number of carbonyl (C=O) groups excluding carboxylic acids is 1. The van der Waals surface area contributed by atoms with Gasteiger partial charge in [-0.3, -0.25) is 9.52 Å². The third-order valence-electron chi connectivity index (χ3n) is 3.71. The molecule has 11 heteroatoms. The normalized spacial score (nSPS) is 11.8. The fourth-order valence-corrected chi connectivity index (χ4v) is 3.14. The van der Waals surface area contributed by atoms with Gasteiger partial charge < -0.3 is 10.4 Å². The Bertz CT molecular complexity index is 1100. The monoisotopic (exact) mass is 430 g/mol. The van der Waals surface area contributed by atoms with Gasteiger partial charge in [-0.2, -0.15) is 0 Å². The van der Waals surface area contributed by atoms with E-state index in [0.29, 0.717) is 18.2 Å². The molecule has 0 spiro atoms. The zero-order valence-corrected chi connectivity index (χ0v) is 16.3. The van der Waals surface area contributed by atoms with E-state index in [1.807, 2.05) is 0 Å². The average molecular weight is 430 g/mol. The van der Waals surface area contributed by atoms with Crippen LogP contribution in [0.4, 0.5) is 24.5 Å². The van der Waals surface area contributed by atoms with E-state index in [1.165, 1.54) is 0 Å². The van der Waals surface area contributed by atoms with Gasteiger partial charge in [-0.25, -0.2) is 26.4 Å². The second-order valence-corrected chi connectivity index (χ2v) is 8.75. The number of nitrogens with one attached hydrogen (secondary N) is 2. The number of carboxylic acid groups (broad SMARTS) is 1. The molecule has 2 aromatic rings. The first kappa shape index (κ1) is 22.2. The highest BCUT2D eigenvalue weighted by molar-refractivity contribution is 7.92. The number of sulfonamides is 1. The molecular weight excluding hydrogens is 413 g/mol. The van der Waals surface area contributed by atoms with E-state index in [9.17, 15) is 31.2 Å². The summed E-state index contributed by atoms with van der Waals surface area (Å²) in [7, 11) is -4.54. The number of carbonyl (C=O) groups is 2. The predicted molar refractivity (Wildman–Crippen MR) is 98.6 cm³/mol. The highest BCUT2D eigenvalue weighted by Crippen LogP contribution is 2.26. The molecule has 0 unspecified atom stereocenters. The maximum Gasteiger partial charge on any atom is 0.338 e. The molecule has 2 rings (SSSR count). The van der Waals surface area contributed by atoms with Gasteiger partial charge in [0.25, 0.3) is 10.0 Å². The Morgan fingerprint density at radius 1 is 0.931 bits per heavy atom. The molecule has 7 nitrogen and oxygen atoms in total. The van der Waals surface area contributed by atoms with Crippen molar-refractivity contribution in [3.63, 3.8) is 0 Å². The first-order chi connectivity index (χ1) is 13.2. The molecule has 0 aromatic heterocycles. The standard InChI is InChI=1S/C18H17F3N2O5S/c1-18(2,3)17(26)22-14-5-4-9(6-12(14)20)29(27,28)23-15-8-11(19)10(16(24)25)7-13(15)21/h4-8,23H,1-3H3,(H,22,26)(H,24,25). The molecule has 1 amide bonds. The van der Waals surface area contributed by atoms with Crippen molar-refractivity contribution in [1.82, 2.24) is 0 Å². The maximum atomic E-state index is 14.2. The van der Waals surface area contributed by atoms with Crippen LogP contribution in [0.15, 0.2) is 35.2 Å². The SMILES string of the molecule is CC(C)(C)C(=O)Nc1ccc(S(=O)(=O)Nc2cc(F)c(C(=O)O)cc2F)cc1F. The van der Waals surface area contributed by atoms with Gasteiger partial charge in [0, 0.05) is 11.5 Å². The summed E-state index contributed by atoms with van der Waals surface area (Å²) in [6, 6.07) is 3.26. The van der Waals surface area contributed by atoms with Crippen LogP contribution in [0.25, 0.3) is 0 Å². The number of amides is 1. The van der Waals surface area contributed by atoms with Crippen molar-refractivity contribution in [2.75, 3.05) is 10.0 Å². The molecule has 0 aliphatic heterocycles. The molecule has 156 valence electrons. The third-order valence-corrected chi connectivity index (χ3v) is 5.07. The van der Waals surface area contributed by atoms with Gasteiger partial charge in [0.2, 0.25) is 5.91 Å². The second kappa shape index (κ2) is 7.74. The van der Waals surface area contributed by atoms with E-state index >= 15 is 0 Å². The van der Waals surface area contributed by atoms with Crippen molar-refractivity contribution in [2.24, 2.45) is 5.41 Å². The molecule has 0 fully saturated rings. The van der Waals surface area contributed by atoms with E-state index in [2.05, 4.69) is 5.32 Å². The topological polar surface area (TPSA) is 113 Å². The van der Waals surface area contributed by atoms with Gasteiger partial charge in [-0.1, -0.05) is 20.8 Å². The van der Waals surface area contributed by atoms with Crippen LogP contribution in [0.5, 0.6) is 0 Å². The molecule has 3 N–H and O–H groups in total. The average Bonchev–Trinajstić information content (AvgIpc) is 2.58. The molecule has 0 saturated carbocycles. The summed E-state index contributed by atoms with van der Waals surface area (Å²) in [5, 5.41) is 11.1. The van der Waals surface area contributed by atoms with Gasteiger partial charge in [-0.05, 0) is 24.3 Å². The molecule has 0 saturated heterocycles. The minimum Gasteiger partial charge on any atom is -0.478 e. The fourth-order valence-electron chi connectivity index (χ4n) is 2.07. The Balaban J connectivity index is 2.33. The van der Waals surface area contributed by atoms with Crippen molar-refractivity contribution in [2.45, 2.75) is 25.7 Å². The Morgan fingerprint density at radius 2 is 1.52 bits per heavy atom. The molecule has 0 radical (unpaired) electrons. The number of benzene rings is 2. The van der Waals surface area contributed by atoms with Crippen LogP contribution in [0, 0.1) is 22.9 Å². The molecule has 0 atom stereocenters. The van der Waals surface area contributed by atoms with Crippen molar-refractivity contribution < 1.29 is 36.3 Å². The molecular formula is C18H17F3N2O5S. The molecule has 2 aromatic carbocycles. The van der Waals surface area contributed by atoms with Crippen LogP contribution < -0.4 is 10.0 Å². The van der Waals surface area contributed by atoms with Crippen molar-refractivity contribution in [1.29, 1.82) is 0 Å². The lowest BCUT2D eigenvalue weighted by molar-refractivity contribution is -0.123. The Kier molecular flexibility index (Phi) is 5.93. The second-order valence-electron chi connectivity index (χ2n) is 7.07. The first-order valence-corrected chi connectivity index (χ1v) is 9.57. The van der Waals surface area contributed by atoms with Crippen LogP contribution in [0.2, 0.25) is 0 Å². The Hall–Kier alpha value is -3.08. The minimum absolute atomic E-state index is 0.257. The number of hydrogen-bond donors (Lipinski definition) is 3. The largest absolute Gasteiger partial charge is 0.478 e. The number of carboxylic acids is 1. The number of halogens is 3. The molecule has 0 heterocycles. The zero-order valence-electron chi connectivity index (χ0n) is 15.5. The molecule has 0 bridgehead atoms. The summed E-state index contributed by atoms with van der Waals surface area (Å²) in [6.45, 7) is 4.81. The minimum atomic E-state index is -4.54. The lowest BCUT2D eigenvalue weighted by Gasteiger charge is -2.18. The van der Waals surface area contributed by atoms with Crippen LogP contribution in [-0.4, -0.2) is 25.4 Å². The summed E-state index contributed by atoms with van der Waals surface area (Å²) >= 11 is 0. The van der Waals surface area contributed by atoms with Crippen LogP contribution in [-0.2, 0) is 14.8 Å². The summed E-state index contributed by atoms with van der Waals surface area (Å²) in [5.41, 5.74) is -2.90. The van der Waals surface area contributed by atoms with E-state index in [-0.39, 0.29) is 5.69 Å². The number of hydrogen-bond acceptors (Lipinski definition) is 4. The lowest BCUT2D eigenvalue weighted by atomic mass is 9.95. The van der Waals surface area contributed by atoms with Crippen LogP contribution in [0.1, 0.15) is 31.1 Å². The van der Waals surface area contributed by atoms with Crippen LogP contribution >= 0.6 is 0 Å². The zero-order chi connectivity index (χ0) is 22.1. The smallest absolute Gasteiger partial charge is 0.338 e. The highest BCUT2D eigenvalue weighted by Gasteiger charge is 2.24. The van der Waals surface area contributed by atoms with Gasteiger partial charge in [0.05, 0.1) is 21.8 Å². The summed E-state index contributed by atoms with van der Waals surface area (Å²) < 4.78 is 68.4. The van der Waals surface area contributed by atoms with Gasteiger partial charge in [0.1, 0.15) is 17.5 Å². The molecule has 0 aliphatic rings. The predicted octanol–water partition coefficient (Wildman–Crippen LogP) is 3.59. The quantitative estimate of drug-likeness (QED) is 0.671. The van der Waals surface area contributed by atoms with Gasteiger partial charge >= 0.3 is 5.97 Å². The number of rotatable bonds is 5. The van der Waals surface area contributed by atoms with E-state index in [1.54, 1.807) is 25.5 Å². The van der Waals surface area contributed by atoms with E-state index in [4.69, 9.17) is 5.11 Å². The van der Waals surface area contributed by atoms with Crippen molar-refractivity contribution in [3.05, 3.63) is 53.3 Å². The summed E-state index contributed by atoms with van der Waals surface area (Å²) in [6.07, 6.45) is 0.